The van der Waals surface area contributed by atoms with Crippen molar-refractivity contribution in [2.45, 2.75) is 0 Å². The number of rotatable bonds is 2. The lowest BCUT2D eigenvalue weighted by Crippen LogP contribution is -2.37. The molecular weight excluding hydrogens is 319 g/mol. The molecule has 2 aromatic rings. The number of nitrogens with zero attached hydrogens (tertiary/aromatic N) is 2. The Labute approximate surface area is 136 Å². The number of para-hydroxylation sites is 1. The Hall–Kier alpha value is -2.57. The van der Waals surface area contributed by atoms with Gasteiger partial charge in [0.2, 0.25) is 0 Å². The first-order valence-corrected chi connectivity index (χ1v) is 7.16. The number of nitrogens with one attached hydrogen (secondary N) is 1. The van der Waals surface area contributed by atoms with E-state index in [1.165, 1.54) is 6.07 Å². The van der Waals surface area contributed by atoms with E-state index in [1.54, 1.807) is 30.3 Å². The van der Waals surface area contributed by atoms with Crippen LogP contribution in [0.5, 0.6) is 0 Å². The Balaban J connectivity index is 2.23. The van der Waals surface area contributed by atoms with Crippen LogP contribution in [-0.2, 0) is 4.79 Å². The van der Waals surface area contributed by atoms with Crippen molar-refractivity contribution in [1.82, 2.24) is 5.43 Å². The summed E-state index contributed by atoms with van der Waals surface area (Å²) >= 11 is 6.23. The number of amides is 1. The highest BCUT2D eigenvalue weighted by molar-refractivity contribution is 6.41. The van der Waals surface area contributed by atoms with Crippen LogP contribution in [-0.4, -0.2) is 23.9 Å². The number of carbonyl (C=O) groups is 1. The molecule has 1 amide bonds. The topological polar surface area (TPSA) is 79.8 Å². The monoisotopic (exact) mass is 330 g/mol. The van der Waals surface area contributed by atoms with E-state index in [2.05, 4.69) is 9.98 Å². The van der Waals surface area contributed by atoms with E-state index in [0.29, 0.717) is 21.9 Å². The van der Waals surface area contributed by atoms with Crippen LogP contribution in [0.15, 0.2) is 52.4 Å². The fraction of sp³-hybridized carbons (Fsp3) is 0.0625. The van der Waals surface area contributed by atoms with Crippen molar-refractivity contribution in [3.63, 3.8) is 0 Å². The summed E-state index contributed by atoms with van der Waals surface area (Å²) in [7, 11) is 0. The Morgan fingerprint density at radius 3 is 2.65 bits per heavy atom. The van der Waals surface area contributed by atoms with Crippen molar-refractivity contribution in [2.24, 2.45) is 15.8 Å². The standard InChI is InChI=1S/C16H12ClFN4O/c17-11-6-2-1-4-9(11)14-10-5-3-7-12(18)15(10)21-13(8-20-14)16(23)22-19/h1-7H,8,19H2,(H,22,23). The first-order valence-electron chi connectivity index (χ1n) is 6.78. The first-order chi connectivity index (χ1) is 11.1. The lowest BCUT2D eigenvalue weighted by Gasteiger charge is -2.10. The average Bonchev–Trinajstić information content (AvgIpc) is 2.75. The van der Waals surface area contributed by atoms with Gasteiger partial charge in [0.25, 0.3) is 5.91 Å². The second kappa shape index (κ2) is 6.28. The number of benzene rings is 2. The van der Waals surface area contributed by atoms with Gasteiger partial charge >= 0.3 is 0 Å². The van der Waals surface area contributed by atoms with E-state index in [1.807, 2.05) is 11.5 Å². The molecule has 0 aliphatic carbocycles. The molecule has 0 fully saturated rings. The van der Waals surface area contributed by atoms with Gasteiger partial charge in [-0.15, -0.1) is 0 Å². The summed E-state index contributed by atoms with van der Waals surface area (Å²) in [5.74, 6) is 3.98. The number of halogens is 2. The molecule has 0 saturated carbocycles. The minimum atomic E-state index is -0.608. The number of carbonyl (C=O) groups excluding carboxylic acids is 1. The number of hydrogen-bond acceptors (Lipinski definition) is 4. The molecule has 1 aliphatic rings. The van der Waals surface area contributed by atoms with E-state index < -0.39 is 11.7 Å². The van der Waals surface area contributed by atoms with Crippen LogP contribution in [0, 0.1) is 5.82 Å². The predicted octanol–water partition coefficient (Wildman–Crippen LogP) is 2.39. The zero-order chi connectivity index (χ0) is 16.4. The second-order valence-electron chi connectivity index (χ2n) is 4.81. The zero-order valence-corrected chi connectivity index (χ0v) is 12.6. The normalized spacial score (nSPS) is 13.5. The molecule has 7 heteroatoms. The Morgan fingerprint density at radius 2 is 1.91 bits per heavy atom. The third-order valence-corrected chi connectivity index (χ3v) is 3.73. The van der Waals surface area contributed by atoms with Gasteiger partial charge in [0.05, 0.1) is 12.3 Å². The van der Waals surface area contributed by atoms with Crippen molar-refractivity contribution in [1.29, 1.82) is 0 Å². The highest BCUT2D eigenvalue weighted by atomic mass is 35.5. The molecule has 116 valence electrons. The molecular formula is C16H12ClFN4O. The highest BCUT2D eigenvalue weighted by Crippen LogP contribution is 2.30. The van der Waals surface area contributed by atoms with Crippen LogP contribution in [0.2, 0.25) is 5.02 Å². The summed E-state index contributed by atoms with van der Waals surface area (Å²) in [5.41, 5.74) is 3.66. The molecule has 1 heterocycles. The lowest BCUT2D eigenvalue weighted by atomic mass is 10.0. The molecule has 0 aromatic heterocycles. The van der Waals surface area contributed by atoms with Crippen LogP contribution < -0.4 is 11.3 Å². The van der Waals surface area contributed by atoms with Gasteiger partial charge in [-0.05, 0) is 12.1 Å². The minimum Gasteiger partial charge on any atom is -0.289 e. The summed E-state index contributed by atoms with van der Waals surface area (Å²) in [6.45, 7) is -0.0300. The molecule has 0 unspecified atom stereocenters. The Morgan fingerprint density at radius 1 is 1.17 bits per heavy atom. The molecule has 5 nitrogen and oxygen atoms in total. The van der Waals surface area contributed by atoms with E-state index in [4.69, 9.17) is 17.4 Å². The molecule has 3 N–H and O–H groups in total. The van der Waals surface area contributed by atoms with Crippen LogP contribution >= 0.6 is 11.6 Å². The Bertz CT molecular complexity index is 848. The average molecular weight is 331 g/mol. The van der Waals surface area contributed by atoms with Gasteiger partial charge in [-0.2, -0.15) is 0 Å². The van der Waals surface area contributed by atoms with Crippen molar-refractivity contribution >= 4 is 34.6 Å². The number of hydrazine groups is 1. The van der Waals surface area contributed by atoms with Crippen molar-refractivity contribution < 1.29 is 9.18 Å². The summed E-state index contributed by atoms with van der Waals surface area (Å²) in [6.07, 6.45) is 0. The fourth-order valence-electron chi connectivity index (χ4n) is 2.32. The minimum absolute atomic E-state index is 0.0286. The number of hydrogen-bond donors (Lipinski definition) is 2. The maximum Gasteiger partial charge on any atom is 0.281 e. The molecule has 23 heavy (non-hydrogen) atoms. The van der Waals surface area contributed by atoms with Gasteiger partial charge in [0.15, 0.2) is 0 Å². The fourth-order valence-corrected chi connectivity index (χ4v) is 2.54. The number of nitrogens with two attached hydrogens (primary N) is 1. The van der Waals surface area contributed by atoms with E-state index >= 15 is 0 Å². The van der Waals surface area contributed by atoms with E-state index in [9.17, 15) is 9.18 Å². The molecule has 0 bridgehead atoms. The van der Waals surface area contributed by atoms with Gasteiger partial charge in [-0.3, -0.25) is 15.2 Å². The molecule has 0 spiro atoms. The van der Waals surface area contributed by atoms with Gasteiger partial charge in [-0.25, -0.2) is 15.2 Å². The molecule has 3 rings (SSSR count). The molecule has 1 aliphatic heterocycles. The molecule has 2 aromatic carbocycles. The smallest absolute Gasteiger partial charge is 0.281 e. The zero-order valence-electron chi connectivity index (χ0n) is 11.9. The quantitative estimate of drug-likeness (QED) is 0.503. The largest absolute Gasteiger partial charge is 0.289 e. The number of aliphatic imine (C=N–C) groups is 2. The predicted molar refractivity (Wildman–Crippen MR) is 87.8 cm³/mol. The first kappa shape index (κ1) is 15.3. The van der Waals surface area contributed by atoms with Gasteiger partial charge in [0, 0.05) is 16.1 Å². The summed E-state index contributed by atoms with van der Waals surface area (Å²) < 4.78 is 14.2. The van der Waals surface area contributed by atoms with Crippen LogP contribution in [0.4, 0.5) is 10.1 Å². The third-order valence-electron chi connectivity index (χ3n) is 3.40. The maximum absolute atomic E-state index is 14.2. The third kappa shape index (κ3) is 2.86. The molecule has 0 radical (unpaired) electrons. The van der Waals surface area contributed by atoms with Gasteiger partial charge in [0.1, 0.15) is 17.2 Å². The second-order valence-corrected chi connectivity index (χ2v) is 5.22. The highest BCUT2D eigenvalue weighted by Gasteiger charge is 2.22. The maximum atomic E-state index is 14.2. The van der Waals surface area contributed by atoms with Crippen LogP contribution in [0.3, 0.4) is 0 Å². The summed E-state index contributed by atoms with van der Waals surface area (Å²) in [6, 6.07) is 11.6. The Kier molecular flexibility index (Phi) is 4.18. The van der Waals surface area contributed by atoms with Crippen LogP contribution in [0.25, 0.3) is 0 Å². The summed E-state index contributed by atoms with van der Waals surface area (Å²) in [5, 5.41) is 0.480. The van der Waals surface area contributed by atoms with Gasteiger partial charge in [-0.1, -0.05) is 41.9 Å². The lowest BCUT2D eigenvalue weighted by molar-refractivity contribution is -0.114. The van der Waals surface area contributed by atoms with Gasteiger partial charge < -0.3 is 0 Å². The van der Waals surface area contributed by atoms with Crippen molar-refractivity contribution in [3.8, 4) is 0 Å². The number of fused-ring (bicyclic) bond motifs is 1. The molecule has 0 atom stereocenters. The van der Waals surface area contributed by atoms with Crippen LogP contribution in [0.1, 0.15) is 11.1 Å². The SMILES string of the molecule is NNC(=O)C1=Nc2c(F)cccc2C(c2ccccc2Cl)=NC1. The van der Waals surface area contributed by atoms with E-state index in [0.717, 1.165) is 0 Å². The van der Waals surface area contributed by atoms with Crippen molar-refractivity contribution in [2.75, 3.05) is 6.54 Å². The van der Waals surface area contributed by atoms with Crippen molar-refractivity contribution in [3.05, 3.63) is 64.4 Å². The van der Waals surface area contributed by atoms with E-state index in [-0.39, 0.29) is 17.9 Å². The summed E-state index contributed by atoms with van der Waals surface area (Å²) in [4.78, 5) is 20.3. The molecule has 0 saturated heterocycles.